The highest BCUT2D eigenvalue weighted by Gasteiger charge is 2.26. The molecule has 0 radical (unpaired) electrons. The van der Waals surface area contributed by atoms with Gasteiger partial charge in [-0.25, -0.2) is 4.39 Å². The fraction of sp³-hybridized carbons (Fsp3) is 0.625. The zero-order valence-electron chi connectivity index (χ0n) is 13.2. The van der Waals surface area contributed by atoms with Crippen LogP contribution in [0.25, 0.3) is 0 Å². The van der Waals surface area contributed by atoms with Crippen molar-refractivity contribution < 1.29 is 9.13 Å². The maximum absolute atomic E-state index is 13.9. The van der Waals surface area contributed by atoms with E-state index in [9.17, 15) is 4.39 Å². The molecule has 21 heavy (non-hydrogen) atoms. The summed E-state index contributed by atoms with van der Waals surface area (Å²) in [7, 11) is 5.73. The van der Waals surface area contributed by atoms with Gasteiger partial charge in [-0.1, -0.05) is 6.07 Å². The van der Waals surface area contributed by atoms with Crippen molar-refractivity contribution >= 4 is 0 Å². The molecule has 1 aromatic rings. The molecule has 0 spiro atoms. The van der Waals surface area contributed by atoms with Crippen molar-refractivity contribution in [3.63, 3.8) is 0 Å². The number of hydrogen-bond acceptors (Lipinski definition) is 4. The van der Waals surface area contributed by atoms with Crippen LogP contribution >= 0.6 is 0 Å². The van der Waals surface area contributed by atoms with E-state index in [0.717, 1.165) is 31.5 Å². The standard InChI is InChI=1S/C16H26FN3O/c1-19(2)13-6-8-20(9-7-13)15(11-18)12-4-5-16(21-3)14(17)10-12/h4-5,10,13,15H,6-9,11,18H2,1-3H3. The predicted molar refractivity (Wildman–Crippen MR) is 83.0 cm³/mol. The fourth-order valence-corrected chi connectivity index (χ4v) is 3.10. The highest BCUT2D eigenvalue weighted by atomic mass is 19.1. The number of piperidine rings is 1. The predicted octanol–water partition coefficient (Wildman–Crippen LogP) is 1.86. The molecule has 118 valence electrons. The largest absolute Gasteiger partial charge is 0.494 e. The smallest absolute Gasteiger partial charge is 0.165 e. The molecule has 2 rings (SSSR count). The number of rotatable bonds is 5. The highest BCUT2D eigenvalue weighted by molar-refractivity contribution is 5.31. The summed E-state index contributed by atoms with van der Waals surface area (Å²) in [6.45, 7) is 2.50. The Morgan fingerprint density at radius 1 is 1.38 bits per heavy atom. The van der Waals surface area contributed by atoms with Crippen molar-refractivity contribution in [1.82, 2.24) is 9.80 Å². The molecule has 0 aliphatic carbocycles. The summed E-state index contributed by atoms with van der Waals surface area (Å²) >= 11 is 0. The number of halogens is 1. The van der Waals surface area contributed by atoms with Gasteiger partial charge in [-0.05, 0) is 44.6 Å². The molecule has 1 unspecified atom stereocenters. The lowest BCUT2D eigenvalue weighted by molar-refractivity contribution is 0.110. The fourth-order valence-electron chi connectivity index (χ4n) is 3.10. The number of methoxy groups -OCH3 is 1. The molecular formula is C16H26FN3O. The van der Waals surface area contributed by atoms with Crippen LogP contribution in [-0.2, 0) is 0 Å². The summed E-state index contributed by atoms with van der Waals surface area (Å²) in [4.78, 5) is 4.64. The van der Waals surface area contributed by atoms with E-state index < -0.39 is 0 Å². The molecule has 1 aliphatic rings. The maximum atomic E-state index is 13.9. The van der Waals surface area contributed by atoms with Gasteiger partial charge in [0.25, 0.3) is 0 Å². The molecule has 0 saturated carbocycles. The van der Waals surface area contributed by atoms with Gasteiger partial charge in [0.15, 0.2) is 11.6 Å². The van der Waals surface area contributed by atoms with Crippen LogP contribution in [0.1, 0.15) is 24.4 Å². The second-order valence-corrected chi connectivity index (χ2v) is 5.88. The SMILES string of the molecule is COc1ccc(C(CN)N2CCC(N(C)C)CC2)cc1F. The van der Waals surface area contributed by atoms with E-state index in [2.05, 4.69) is 23.9 Å². The Morgan fingerprint density at radius 2 is 2.05 bits per heavy atom. The van der Waals surface area contributed by atoms with Crippen molar-refractivity contribution in [1.29, 1.82) is 0 Å². The van der Waals surface area contributed by atoms with Crippen molar-refractivity contribution in [2.45, 2.75) is 24.9 Å². The highest BCUT2D eigenvalue weighted by Crippen LogP contribution is 2.28. The monoisotopic (exact) mass is 295 g/mol. The van der Waals surface area contributed by atoms with Gasteiger partial charge in [0.05, 0.1) is 7.11 Å². The quantitative estimate of drug-likeness (QED) is 0.900. The van der Waals surface area contributed by atoms with Crippen LogP contribution in [0.4, 0.5) is 4.39 Å². The number of hydrogen-bond donors (Lipinski definition) is 1. The van der Waals surface area contributed by atoms with Gasteiger partial charge in [-0.15, -0.1) is 0 Å². The molecule has 2 N–H and O–H groups in total. The Hall–Kier alpha value is -1.17. The number of nitrogens with two attached hydrogens (primary N) is 1. The lowest BCUT2D eigenvalue weighted by Gasteiger charge is -2.39. The normalized spacial score (nSPS) is 19.0. The van der Waals surface area contributed by atoms with E-state index in [1.165, 1.54) is 7.11 Å². The third-order valence-corrected chi connectivity index (χ3v) is 4.45. The molecule has 1 saturated heterocycles. The van der Waals surface area contributed by atoms with Gasteiger partial charge in [0.2, 0.25) is 0 Å². The summed E-state index contributed by atoms with van der Waals surface area (Å²) in [5.74, 6) is -0.0440. The van der Waals surface area contributed by atoms with Crippen molar-refractivity contribution in [2.75, 3.05) is 40.8 Å². The first kappa shape index (κ1) is 16.2. The Kier molecular flexibility index (Phi) is 5.56. The number of likely N-dealkylation sites (tertiary alicyclic amines) is 1. The second-order valence-electron chi connectivity index (χ2n) is 5.88. The molecule has 5 heteroatoms. The molecule has 1 aliphatic heterocycles. The first-order valence-electron chi connectivity index (χ1n) is 7.50. The molecule has 0 aromatic heterocycles. The average molecular weight is 295 g/mol. The zero-order chi connectivity index (χ0) is 15.4. The van der Waals surface area contributed by atoms with E-state index in [4.69, 9.17) is 10.5 Å². The van der Waals surface area contributed by atoms with Crippen LogP contribution in [-0.4, -0.2) is 56.7 Å². The van der Waals surface area contributed by atoms with E-state index in [1.807, 2.05) is 6.07 Å². The van der Waals surface area contributed by atoms with E-state index >= 15 is 0 Å². The topological polar surface area (TPSA) is 41.7 Å². The Morgan fingerprint density at radius 3 is 2.52 bits per heavy atom. The Balaban J connectivity index is 2.08. The van der Waals surface area contributed by atoms with Crippen LogP contribution in [0.15, 0.2) is 18.2 Å². The minimum atomic E-state index is -0.323. The van der Waals surface area contributed by atoms with Gasteiger partial charge in [-0.3, -0.25) is 4.90 Å². The van der Waals surface area contributed by atoms with Crippen LogP contribution in [0.5, 0.6) is 5.75 Å². The summed E-state index contributed by atoms with van der Waals surface area (Å²) in [5, 5.41) is 0. The summed E-state index contributed by atoms with van der Waals surface area (Å²) < 4.78 is 18.9. The molecule has 0 amide bonds. The maximum Gasteiger partial charge on any atom is 0.165 e. The van der Waals surface area contributed by atoms with Crippen LogP contribution in [0.3, 0.4) is 0 Å². The zero-order valence-corrected chi connectivity index (χ0v) is 13.2. The van der Waals surface area contributed by atoms with Crippen molar-refractivity contribution in [3.05, 3.63) is 29.6 Å². The van der Waals surface area contributed by atoms with Crippen molar-refractivity contribution in [3.8, 4) is 5.75 Å². The third kappa shape index (κ3) is 3.73. The van der Waals surface area contributed by atoms with Gasteiger partial charge in [0.1, 0.15) is 0 Å². The molecule has 4 nitrogen and oxygen atoms in total. The van der Waals surface area contributed by atoms with E-state index in [1.54, 1.807) is 12.1 Å². The van der Waals surface area contributed by atoms with Crippen molar-refractivity contribution in [2.24, 2.45) is 5.73 Å². The summed E-state index contributed by atoms with van der Waals surface area (Å²) in [6, 6.07) is 5.85. The van der Waals surface area contributed by atoms with E-state index in [0.29, 0.717) is 12.6 Å². The number of nitrogens with zero attached hydrogens (tertiary/aromatic N) is 2. The Bertz CT molecular complexity index is 459. The Labute approximate surface area is 126 Å². The number of ether oxygens (including phenoxy) is 1. The van der Waals surface area contributed by atoms with Crippen LogP contribution < -0.4 is 10.5 Å². The average Bonchev–Trinajstić information content (AvgIpc) is 2.49. The molecule has 1 atom stereocenters. The van der Waals surface area contributed by atoms with Crippen LogP contribution in [0, 0.1) is 5.82 Å². The first-order chi connectivity index (χ1) is 10.1. The first-order valence-corrected chi connectivity index (χ1v) is 7.50. The summed E-state index contributed by atoms with van der Waals surface area (Å²) in [6.07, 6.45) is 2.25. The van der Waals surface area contributed by atoms with Gasteiger partial charge in [-0.2, -0.15) is 0 Å². The third-order valence-electron chi connectivity index (χ3n) is 4.45. The van der Waals surface area contributed by atoms with Gasteiger partial charge >= 0.3 is 0 Å². The van der Waals surface area contributed by atoms with Gasteiger partial charge in [0, 0.05) is 31.7 Å². The minimum Gasteiger partial charge on any atom is -0.494 e. The minimum absolute atomic E-state index is 0.0773. The number of benzene rings is 1. The van der Waals surface area contributed by atoms with E-state index in [-0.39, 0.29) is 17.6 Å². The summed E-state index contributed by atoms with van der Waals surface area (Å²) in [5.41, 5.74) is 6.87. The lowest BCUT2D eigenvalue weighted by Crippen LogP contribution is -2.45. The molecule has 1 aromatic carbocycles. The molecular weight excluding hydrogens is 269 g/mol. The molecule has 1 heterocycles. The molecule has 0 bridgehead atoms. The second kappa shape index (κ2) is 7.20. The van der Waals surface area contributed by atoms with Crippen LogP contribution in [0.2, 0.25) is 0 Å². The molecule has 1 fully saturated rings. The van der Waals surface area contributed by atoms with Gasteiger partial charge < -0.3 is 15.4 Å². The lowest BCUT2D eigenvalue weighted by atomic mass is 9.98.